The van der Waals surface area contributed by atoms with Crippen LogP contribution < -0.4 is 0 Å². The Morgan fingerprint density at radius 2 is 1.18 bits per heavy atom. The number of ether oxygens (including phenoxy) is 2. The second kappa shape index (κ2) is 8.08. The van der Waals surface area contributed by atoms with Crippen LogP contribution in [0.4, 0.5) is 0 Å². The average Bonchev–Trinajstić information content (AvgIpc) is 3.71. The van der Waals surface area contributed by atoms with Gasteiger partial charge in [-0.25, -0.2) is 0 Å². The van der Waals surface area contributed by atoms with E-state index in [0.29, 0.717) is 36.6 Å². The molecule has 8 aliphatic rings. The number of ketones is 1. The molecule has 4 nitrogen and oxygen atoms in total. The van der Waals surface area contributed by atoms with Gasteiger partial charge in [-0.15, -0.1) is 0 Å². The summed E-state index contributed by atoms with van der Waals surface area (Å²) in [6.45, 7) is 8.40. The number of fused-ring (bicyclic) bond motifs is 18. The number of rotatable bonds is 8. The molecule has 14 atom stereocenters. The van der Waals surface area contributed by atoms with Crippen LogP contribution in [-0.4, -0.2) is 29.6 Å². The van der Waals surface area contributed by atoms with Crippen molar-refractivity contribution >= 4 is 11.8 Å². The van der Waals surface area contributed by atoms with Crippen molar-refractivity contribution in [2.45, 2.75) is 83.8 Å². The summed E-state index contributed by atoms with van der Waals surface area (Å²) in [6.07, 6.45) is 17.7. The lowest BCUT2D eigenvalue weighted by Crippen LogP contribution is -2.45. The van der Waals surface area contributed by atoms with Crippen LogP contribution in [0.25, 0.3) is 0 Å². The molecule has 0 aromatic rings. The lowest BCUT2D eigenvalue weighted by Gasteiger charge is -2.39. The molecule has 14 unspecified atom stereocenters. The van der Waals surface area contributed by atoms with Crippen LogP contribution in [-0.2, 0) is 19.1 Å². The minimum absolute atomic E-state index is 0.0134. The quantitative estimate of drug-likeness (QED) is 0.216. The van der Waals surface area contributed by atoms with E-state index in [4.69, 9.17) is 9.47 Å². The maximum absolute atomic E-state index is 13.7. The van der Waals surface area contributed by atoms with Gasteiger partial charge in [0.05, 0.1) is 12.5 Å². The van der Waals surface area contributed by atoms with E-state index >= 15 is 0 Å². The maximum atomic E-state index is 13.7. The van der Waals surface area contributed by atoms with Crippen LogP contribution in [0.3, 0.4) is 0 Å². The second-order valence-corrected chi connectivity index (χ2v) is 15.9. The van der Waals surface area contributed by atoms with Gasteiger partial charge in [-0.05, 0) is 137 Å². The maximum Gasteiger partial charge on any atom is 0.309 e. The Morgan fingerprint density at radius 3 is 1.76 bits per heavy atom. The smallest absolute Gasteiger partial charge is 0.309 e. The molecule has 0 aromatic carbocycles. The molecule has 8 aliphatic carbocycles. The van der Waals surface area contributed by atoms with E-state index in [1.54, 1.807) is 0 Å². The van der Waals surface area contributed by atoms with Gasteiger partial charge < -0.3 is 9.47 Å². The van der Waals surface area contributed by atoms with Crippen LogP contribution in [0, 0.1) is 82.9 Å². The van der Waals surface area contributed by atoms with Crippen molar-refractivity contribution in [3.05, 3.63) is 24.3 Å². The molecule has 38 heavy (non-hydrogen) atoms. The molecule has 4 heteroatoms. The lowest BCUT2D eigenvalue weighted by molar-refractivity contribution is -0.169. The average molecular weight is 519 g/mol. The molecule has 0 saturated heterocycles. The Morgan fingerprint density at radius 1 is 0.684 bits per heavy atom. The van der Waals surface area contributed by atoms with Crippen LogP contribution in [0.5, 0.6) is 0 Å². The van der Waals surface area contributed by atoms with Crippen molar-refractivity contribution in [1.82, 2.24) is 0 Å². The van der Waals surface area contributed by atoms with Crippen molar-refractivity contribution in [3.8, 4) is 0 Å². The highest BCUT2D eigenvalue weighted by Crippen LogP contribution is 2.68. The van der Waals surface area contributed by atoms with Gasteiger partial charge in [-0.3, -0.25) is 9.59 Å². The van der Waals surface area contributed by atoms with E-state index in [9.17, 15) is 9.59 Å². The van der Waals surface area contributed by atoms with Crippen LogP contribution in [0.15, 0.2) is 24.3 Å². The fourth-order valence-corrected chi connectivity index (χ4v) is 12.1. The van der Waals surface area contributed by atoms with Crippen molar-refractivity contribution in [3.63, 3.8) is 0 Å². The minimum atomic E-state index is -0.785. The minimum Gasteiger partial charge on any atom is -0.459 e. The predicted octanol–water partition coefficient (Wildman–Crippen LogP) is 6.25. The van der Waals surface area contributed by atoms with Crippen LogP contribution >= 0.6 is 0 Å². The van der Waals surface area contributed by atoms with Crippen molar-refractivity contribution < 1.29 is 19.1 Å². The van der Waals surface area contributed by atoms with Crippen molar-refractivity contribution in [2.24, 2.45) is 82.9 Å². The Balaban J connectivity index is 0.852. The SMILES string of the molecule is CC(C)(CCOC(C)(C)C(=O)C1CC2CC1C1C3C=CC(C3)C21)OC(=O)C1CC2CC1C1C3C=CC(C3)C21. The first-order valence-electron chi connectivity index (χ1n) is 15.9. The number of esters is 1. The number of hydrogen-bond donors (Lipinski definition) is 0. The first-order chi connectivity index (χ1) is 18.1. The van der Waals surface area contributed by atoms with Crippen molar-refractivity contribution in [1.29, 1.82) is 0 Å². The number of allylic oxidation sites excluding steroid dienone is 4. The molecule has 0 aromatic heterocycles. The third kappa shape index (κ3) is 3.37. The molecule has 206 valence electrons. The molecule has 0 spiro atoms. The second-order valence-electron chi connectivity index (χ2n) is 15.9. The van der Waals surface area contributed by atoms with Gasteiger partial charge in [0.25, 0.3) is 0 Å². The molecule has 8 bridgehead atoms. The zero-order chi connectivity index (χ0) is 26.1. The summed E-state index contributed by atoms with van der Waals surface area (Å²) in [6, 6.07) is 0. The molecule has 6 fully saturated rings. The molecule has 0 heterocycles. The van der Waals surface area contributed by atoms with E-state index in [-0.39, 0.29) is 17.8 Å². The largest absolute Gasteiger partial charge is 0.459 e. The van der Waals surface area contributed by atoms with Gasteiger partial charge >= 0.3 is 5.97 Å². The molecule has 8 rings (SSSR count). The number of Topliss-reactive ketones (excluding diaryl/α,β-unsaturated/α-hetero) is 1. The fourth-order valence-electron chi connectivity index (χ4n) is 12.1. The van der Waals surface area contributed by atoms with Gasteiger partial charge in [0, 0.05) is 12.3 Å². The number of carbonyl (C=O) groups is 2. The van der Waals surface area contributed by atoms with Gasteiger partial charge in [-0.1, -0.05) is 24.3 Å². The Hall–Kier alpha value is -1.42. The Kier molecular flexibility index (Phi) is 5.18. The summed E-state index contributed by atoms with van der Waals surface area (Å²) in [5.41, 5.74) is -1.37. The summed E-state index contributed by atoms with van der Waals surface area (Å²) < 4.78 is 12.5. The third-order valence-corrected chi connectivity index (χ3v) is 13.3. The van der Waals surface area contributed by atoms with Gasteiger partial charge in [-0.2, -0.15) is 0 Å². The Bertz CT molecular complexity index is 1100. The molecular weight excluding hydrogens is 472 g/mol. The number of hydrogen-bond acceptors (Lipinski definition) is 4. The first kappa shape index (κ1) is 24.4. The summed E-state index contributed by atoms with van der Waals surface area (Å²) in [5.74, 6) is 9.24. The molecule has 0 radical (unpaired) electrons. The highest BCUT2D eigenvalue weighted by molar-refractivity contribution is 5.89. The summed E-state index contributed by atoms with van der Waals surface area (Å²) >= 11 is 0. The molecular formula is C34H46O4. The first-order valence-corrected chi connectivity index (χ1v) is 15.9. The predicted molar refractivity (Wildman–Crippen MR) is 145 cm³/mol. The van der Waals surface area contributed by atoms with Crippen LogP contribution in [0.2, 0.25) is 0 Å². The summed E-state index contributed by atoms with van der Waals surface area (Å²) in [5, 5.41) is 0. The van der Waals surface area contributed by atoms with E-state index in [0.717, 1.165) is 66.1 Å². The molecule has 0 amide bonds. The number of carbonyl (C=O) groups excluding carboxylic acids is 2. The van der Waals surface area contributed by atoms with Gasteiger partial charge in [0.15, 0.2) is 5.78 Å². The zero-order valence-electron chi connectivity index (χ0n) is 23.7. The zero-order valence-corrected chi connectivity index (χ0v) is 23.7. The highest BCUT2D eigenvalue weighted by Gasteiger charge is 2.64. The van der Waals surface area contributed by atoms with E-state index in [2.05, 4.69) is 24.3 Å². The monoisotopic (exact) mass is 518 g/mol. The normalized spacial score (nSPS) is 50.3. The molecule has 0 N–H and O–H groups in total. The van der Waals surface area contributed by atoms with Crippen LogP contribution in [0.1, 0.15) is 72.6 Å². The summed E-state index contributed by atoms with van der Waals surface area (Å²) in [4.78, 5) is 27.1. The van der Waals surface area contributed by atoms with Gasteiger partial charge in [0.1, 0.15) is 11.2 Å². The van der Waals surface area contributed by atoms with E-state index in [1.165, 1.54) is 25.7 Å². The molecule has 0 aliphatic heterocycles. The standard InChI is InChI=1S/C34H46O4/c1-33(2,38-32(36)26-16-22-14-24(26)30-20-8-6-18(12-20)28(22)30)9-10-37-34(3,4)31(35)25-15-21-13-23(25)29-19-7-5-17(11-19)27(21)29/h5-8,17-30H,9-16H2,1-4H3. The Labute approximate surface area is 228 Å². The highest BCUT2D eigenvalue weighted by atomic mass is 16.6. The van der Waals surface area contributed by atoms with E-state index in [1.807, 2.05) is 27.7 Å². The molecule has 6 saturated carbocycles. The lowest BCUT2D eigenvalue weighted by atomic mass is 9.67. The van der Waals surface area contributed by atoms with Crippen molar-refractivity contribution in [2.75, 3.05) is 6.61 Å². The fraction of sp³-hybridized carbons (Fsp3) is 0.824. The van der Waals surface area contributed by atoms with E-state index < -0.39 is 11.2 Å². The van der Waals surface area contributed by atoms with Gasteiger partial charge in [0.2, 0.25) is 0 Å². The summed E-state index contributed by atoms with van der Waals surface area (Å²) in [7, 11) is 0. The third-order valence-electron chi connectivity index (χ3n) is 13.3. The topological polar surface area (TPSA) is 52.6 Å².